The third-order valence-electron chi connectivity index (χ3n) is 19.9. The molecule has 0 unspecified atom stereocenters. The summed E-state index contributed by atoms with van der Waals surface area (Å²) in [7, 11) is 8.38. The maximum absolute atomic E-state index is 6.32. The molecule has 0 saturated heterocycles. The number of benzene rings is 7. The zero-order valence-electron chi connectivity index (χ0n) is 56.1. The van der Waals surface area contributed by atoms with E-state index in [0.29, 0.717) is 24.2 Å². The summed E-state index contributed by atoms with van der Waals surface area (Å²) in [6, 6.07) is 53.6. The van der Waals surface area contributed by atoms with Crippen molar-refractivity contribution in [2.24, 2.45) is 7.05 Å². The Hall–Kier alpha value is -10.1. The third kappa shape index (κ3) is 9.92. The zero-order valence-corrected chi connectivity index (χ0v) is 59.3. The number of hydrogen-bond acceptors (Lipinski definition) is 15. The first kappa shape index (κ1) is 60.6. The minimum absolute atomic E-state index is 0.292. The van der Waals surface area contributed by atoms with E-state index in [2.05, 4.69) is 249 Å². The molecule has 3 atom stereocenters. The van der Waals surface area contributed by atoms with Crippen LogP contribution < -0.4 is 19.3 Å². The van der Waals surface area contributed by atoms with Crippen molar-refractivity contribution in [1.29, 1.82) is 0 Å². The molecule has 482 valence electrons. The lowest BCUT2D eigenvalue weighted by atomic mass is 10.0. The fourth-order valence-electron chi connectivity index (χ4n) is 14.1. The molecule has 0 spiro atoms. The highest BCUT2D eigenvalue weighted by atomic mass is 32.2. The molecule has 0 aliphatic carbocycles. The molecule has 0 saturated carbocycles. The zero-order chi connectivity index (χ0) is 66.4. The Morgan fingerprint density at radius 3 is 1.56 bits per heavy atom. The van der Waals surface area contributed by atoms with Gasteiger partial charge in [-0.25, -0.2) is 9.55 Å². The van der Waals surface area contributed by atoms with Gasteiger partial charge in [-0.3, -0.25) is 0 Å². The van der Waals surface area contributed by atoms with Gasteiger partial charge < -0.3 is 47.1 Å². The van der Waals surface area contributed by atoms with Gasteiger partial charge in [0.15, 0.2) is 34.1 Å². The molecule has 17 aromatic rings. The van der Waals surface area contributed by atoms with Crippen molar-refractivity contribution < 1.29 is 22.2 Å². The Morgan fingerprint density at radius 1 is 0.392 bits per heavy atom. The molecule has 0 N–H and O–H groups in total. The number of pyridine rings is 2. The minimum atomic E-state index is 0.292. The number of aryl methyl sites for hydroxylation is 6. The maximum atomic E-state index is 6.32. The molecule has 0 bridgehead atoms. The molecule has 7 aromatic carbocycles. The quantitative estimate of drug-likeness (QED) is 0.158. The van der Waals surface area contributed by atoms with Crippen LogP contribution in [0.15, 0.2) is 213 Å². The van der Waals surface area contributed by atoms with E-state index in [9.17, 15) is 0 Å². The number of thiophene rings is 4. The van der Waals surface area contributed by atoms with Crippen LogP contribution in [0, 0.1) is 34.6 Å². The molecule has 0 radical (unpaired) electrons. The van der Waals surface area contributed by atoms with Crippen LogP contribution in [0.1, 0.15) is 48.7 Å². The number of para-hydroxylation sites is 1. The van der Waals surface area contributed by atoms with Gasteiger partial charge in [0.05, 0.1) is 40.5 Å². The number of fused-ring (bicyclic) bond motifs is 20. The number of rotatable bonds is 4. The molecule has 16 heteroatoms. The van der Waals surface area contributed by atoms with Gasteiger partial charge in [-0.15, -0.1) is 45.3 Å². The molecule has 10 aromatic heterocycles. The second kappa shape index (κ2) is 23.3. The predicted octanol–water partition coefficient (Wildman–Crippen LogP) is 22.3. The second-order valence-corrected chi connectivity index (χ2v) is 30.5. The van der Waals surface area contributed by atoms with E-state index in [1.54, 1.807) is 0 Å². The second-order valence-electron chi connectivity index (χ2n) is 26.0. The van der Waals surface area contributed by atoms with Gasteiger partial charge in [0, 0.05) is 145 Å². The van der Waals surface area contributed by atoms with Crippen LogP contribution >= 0.6 is 45.3 Å². The lowest BCUT2D eigenvalue weighted by Crippen LogP contribution is -2.33. The van der Waals surface area contributed by atoms with Crippen LogP contribution in [0.25, 0.3) is 137 Å². The van der Waals surface area contributed by atoms with Crippen LogP contribution in [0.4, 0.5) is 17.1 Å². The molecule has 0 fully saturated rings. The number of hydrogen-bond donors (Lipinski definition) is 0. The van der Waals surface area contributed by atoms with Crippen molar-refractivity contribution >= 4 is 188 Å². The summed E-state index contributed by atoms with van der Waals surface area (Å²) < 4.78 is 36.5. The van der Waals surface area contributed by atoms with E-state index < -0.39 is 0 Å². The van der Waals surface area contributed by atoms with Crippen LogP contribution in [0.5, 0.6) is 0 Å². The Balaban J connectivity index is 0.0000000975. The number of aromatic nitrogens is 2. The average molecular weight is 1350 g/mol. The lowest BCUT2D eigenvalue weighted by Gasteiger charge is -2.28. The molecule has 13 heterocycles. The Morgan fingerprint density at radius 2 is 0.897 bits per heavy atom. The molecule has 3 aliphatic heterocycles. The van der Waals surface area contributed by atoms with Crippen LogP contribution in [-0.2, 0) is 7.05 Å². The van der Waals surface area contributed by atoms with Crippen LogP contribution in [-0.4, -0.2) is 59.3 Å². The standard InChI is InChI=1S/C21H17N2O2.C20H18N2O2.2C20H18N2S2/c1-12-7-9-14-18(17(12)16-6-4-5-11-23(16)3)24-20-15-10-8-13(2)22-21(15)25-19(14)20;2*1-12-10-15-18(11-16(12)22-9-8-21(3)13(22)2)24-19-14-6-4-5-7-17(14)23-20(15)19;1-12-10-15-18(11-16(12)22-9-8-21(3)13(22)2)24-20-19(15)14-6-4-5-7-17(14)23-20/h4-11H,1-3H3;3*4-11,13H,1-3H3/q+1;;;/t;3*13-/m.000/s1. The molecule has 97 heavy (non-hydrogen) atoms. The smallest absolute Gasteiger partial charge is 0.230 e. The van der Waals surface area contributed by atoms with E-state index in [-0.39, 0.29) is 0 Å². The Bertz CT molecular complexity index is 5890. The van der Waals surface area contributed by atoms with Crippen molar-refractivity contribution in [3.63, 3.8) is 0 Å². The molecule has 20 rings (SSSR count). The Kier molecular flexibility index (Phi) is 14.6. The third-order valence-corrected chi connectivity index (χ3v) is 24.8. The van der Waals surface area contributed by atoms with Gasteiger partial charge in [0.2, 0.25) is 11.4 Å². The summed E-state index contributed by atoms with van der Waals surface area (Å²) >= 11 is 7.69. The molecule has 12 nitrogen and oxygen atoms in total. The number of furan rings is 4. The molecular weight excluding hydrogens is 1280 g/mol. The first-order chi connectivity index (χ1) is 47.0. The van der Waals surface area contributed by atoms with Gasteiger partial charge in [0.1, 0.15) is 36.7 Å². The first-order valence-electron chi connectivity index (χ1n) is 32.8. The summed E-state index contributed by atoms with van der Waals surface area (Å²) in [5.74, 6) is 0. The van der Waals surface area contributed by atoms with E-state index >= 15 is 0 Å². The largest absolute Gasteiger partial charge is 0.452 e. The van der Waals surface area contributed by atoms with Gasteiger partial charge in [-0.1, -0.05) is 54.6 Å². The maximum Gasteiger partial charge on any atom is 0.230 e. The highest BCUT2D eigenvalue weighted by molar-refractivity contribution is 7.44. The van der Waals surface area contributed by atoms with Crippen molar-refractivity contribution in [2.45, 2.75) is 73.9 Å². The van der Waals surface area contributed by atoms with Gasteiger partial charge in [0.25, 0.3) is 0 Å². The topological polar surface area (TPSA) is 88.8 Å². The predicted molar refractivity (Wildman–Crippen MR) is 411 cm³/mol. The Labute approximate surface area is 576 Å². The van der Waals surface area contributed by atoms with Crippen molar-refractivity contribution in [3.8, 4) is 11.3 Å². The summed E-state index contributed by atoms with van der Waals surface area (Å²) in [5.41, 5.74) is 18.4. The highest BCUT2D eigenvalue weighted by Gasteiger charge is 2.29. The number of anilines is 3. The first-order valence-corrected chi connectivity index (χ1v) is 36.1. The van der Waals surface area contributed by atoms with E-state index in [1.165, 1.54) is 92.8 Å². The fourth-order valence-corrected chi connectivity index (χ4v) is 19.4. The summed E-state index contributed by atoms with van der Waals surface area (Å²) in [6.45, 7) is 17.3. The van der Waals surface area contributed by atoms with Gasteiger partial charge in [-0.05, 0) is 157 Å². The van der Waals surface area contributed by atoms with Crippen LogP contribution in [0.2, 0.25) is 0 Å². The van der Waals surface area contributed by atoms with E-state index in [1.807, 2.05) is 114 Å². The summed E-state index contributed by atoms with van der Waals surface area (Å²) in [6.07, 6.45) is 15.9. The lowest BCUT2D eigenvalue weighted by molar-refractivity contribution is -0.660. The monoisotopic (exact) mass is 1350 g/mol. The minimum Gasteiger partial charge on any atom is -0.452 e. The summed E-state index contributed by atoms with van der Waals surface area (Å²) in [5, 5.41) is 11.0. The molecule has 0 amide bonds. The SMILES string of the molecule is Cc1cc2c(cc1N1C=CN(C)[C@@H]1C)oc1c3ccccc3oc21.Cc1cc2c(cc1N1C=CN(C)[C@@H]1C)sc1c3ccccc3sc21.Cc1cc2c(cc1N1C=CN(C)[C@@H]1C)sc1sc3ccccc3c12.Cc1ccc2c(n1)oc1c3ccc(C)c(-c4cccc[n+]4C)c3oc21. The highest BCUT2D eigenvalue weighted by Crippen LogP contribution is 2.49. The molecule has 3 aliphatic rings. The van der Waals surface area contributed by atoms with E-state index in [4.69, 9.17) is 17.7 Å². The molecular formula is C81H71N8O4S4+. The van der Waals surface area contributed by atoms with Crippen LogP contribution in [0.3, 0.4) is 0 Å². The van der Waals surface area contributed by atoms with Gasteiger partial charge >= 0.3 is 0 Å². The van der Waals surface area contributed by atoms with E-state index in [0.717, 1.165) is 83.3 Å². The normalized spacial score (nSPS) is 16.3. The summed E-state index contributed by atoms with van der Waals surface area (Å²) in [4.78, 5) is 18.1. The number of nitrogens with zero attached hydrogens (tertiary/aromatic N) is 8. The van der Waals surface area contributed by atoms with Crippen molar-refractivity contribution in [3.05, 3.63) is 223 Å². The fraction of sp³-hybridized carbons (Fsp3) is 0.185. The average Bonchev–Trinajstić information content (AvgIpc) is 1.58. The van der Waals surface area contributed by atoms with Crippen molar-refractivity contribution in [1.82, 2.24) is 19.7 Å². The van der Waals surface area contributed by atoms with Crippen molar-refractivity contribution in [2.75, 3.05) is 35.8 Å². The van der Waals surface area contributed by atoms with Gasteiger partial charge in [-0.2, -0.15) is 0 Å².